The fourth-order valence-corrected chi connectivity index (χ4v) is 4.50. The van der Waals surface area contributed by atoms with E-state index in [1.54, 1.807) is 13.2 Å². The molecule has 1 amide bonds. The van der Waals surface area contributed by atoms with E-state index in [9.17, 15) is 9.59 Å². The molecule has 3 aromatic heterocycles. The van der Waals surface area contributed by atoms with Crippen molar-refractivity contribution >= 4 is 43.9 Å². The Labute approximate surface area is 174 Å². The molecular weight excluding hydrogens is 408 g/mol. The van der Waals surface area contributed by atoms with Crippen molar-refractivity contribution in [1.29, 1.82) is 0 Å². The lowest BCUT2D eigenvalue weighted by Gasteiger charge is -2.05. The molecule has 0 fully saturated rings. The van der Waals surface area contributed by atoms with Crippen molar-refractivity contribution in [2.45, 2.75) is 19.9 Å². The minimum absolute atomic E-state index is 0.129. The summed E-state index contributed by atoms with van der Waals surface area (Å²) in [6.45, 7) is 2.23. The maximum Gasteiger partial charge on any atom is 0.262 e. The minimum atomic E-state index is -0.197. The molecule has 4 aromatic rings. The van der Waals surface area contributed by atoms with E-state index in [0.29, 0.717) is 15.3 Å². The summed E-state index contributed by atoms with van der Waals surface area (Å²) in [7, 11) is 1.62. The van der Waals surface area contributed by atoms with Crippen molar-refractivity contribution < 1.29 is 9.53 Å². The van der Waals surface area contributed by atoms with Gasteiger partial charge in [-0.1, -0.05) is 0 Å². The van der Waals surface area contributed by atoms with Crippen LogP contribution in [0.1, 0.15) is 11.3 Å². The van der Waals surface area contributed by atoms with Crippen LogP contribution < -0.4 is 15.6 Å². The molecule has 0 atom stereocenters. The Morgan fingerprint density at radius 2 is 2.03 bits per heavy atom. The number of ether oxygens (including phenoxy) is 1. The molecule has 1 N–H and O–H groups in total. The van der Waals surface area contributed by atoms with Gasteiger partial charge in [0.25, 0.3) is 5.56 Å². The molecule has 4 rings (SSSR count). The number of methoxy groups -OCH3 is 1. The molecule has 148 valence electrons. The third-order valence-electron chi connectivity index (χ3n) is 4.44. The summed E-state index contributed by atoms with van der Waals surface area (Å²) < 4.78 is 6.64. The number of thiazole rings is 1. The summed E-state index contributed by atoms with van der Waals surface area (Å²) >= 11 is 2.84. The first-order chi connectivity index (χ1) is 14.0. The highest BCUT2D eigenvalue weighted by molar-refractivity contribution is 7.16. The number of aryl methyl sites for hydroxylation is 2. The molecule has 29 heavy (non-hydrogen) atoms. The van der Waals surface area contributed by atoms with Gasteiger partial charge in [0.15, 0.2) is 5.13 Å². The van der Waals surface area contributed by atoms with Crippen LogP contribution in [-0.2, 0) is 11.3 Å². The average Bonchev–Trinajstić information content (AvgIpc) is 3.34. The van der Waals surface area contributed by atoms with E-state index >= 15 is 0 Å². The van der Waals surface area contributed by atoms with Crippen LogP contribution in [0, 0.1) is 6.92 Å². The van der Waals surface area contributed by atoms with Gasteiger partial charge < -0.3 is 10.1 Å². The Hall–Kier alpha value is -3.04. The number of thiophene rings is 1. The van der Waals surface area contributed by atoms with Crippen LogP contribution in [0.2, 0.25) is 0 Å². The Bertz CT molecular complexity index is 1220. The molecule has 0 spiro atoms. The second-order valence-electron chi connectivity index (χ2n) is 6.33. The van der Waals surface area contributed by atoms with Crippen LogP contribution in [0.5, 0.6) is 5.75 Å². The Kier molecular flexibility index (Phi) is 5.41. The number of anilines is 1. The number of hydrogen-bond donors (Lipinski definition) is 1. The highest BCUT2D eigenvalue weighted by atomic mass is 32.1. The average molecular weight is 427 g/mol. The van der Waals surface area contributed by atoms with E-state index in [-0.39, 0.29) is 24.4 Å². The van der Waals surface area contributed by atoms with Gasteiger partial charge in [0.05, 0.1) is 24.5 Å². The van der Waals surface area contributed by atoms with Crippen LogP contribution in [0.25, 0.3) is 21.5 Å². The Morgan fingerprint density at radius 3 is 2.79 bits per heavy atom. The van der Waals surface area contributed by atoms with E-state index in [2.05, 4.69) is 15.3 Å². The van der Waals surface area contributed by atoms with Crippen LogP contribution >= 0.6 is 22.7 Å². The van der Waals surface area contributed by atoms with Gasteiger partial charge in [0, 0.05) is 23.4 Å². The van der Waals surface area contributed by atoms with Gasteiger partial charge in [0.1, 0.15) is 10.6 Å². The standard InChI is InChI=1S/C20H18N4O3S2/c1-12-17(13-3-5-14(27-2)6-4-13)23-20(29-12)22-16(25)7-9-24-11-21-18-15(19(24)26)8-10-28-18/h3-6,8,10-11H,7,9H2,1-2H3,(H,22,23,25). The molecule has 0 radical (unpaired) electrons. The SMILES string of the molecule is COc1ccc(-c2nc(NC(=O)CCn3cnc4sccc4c3=O)sc2C)cc1. The van der Waals surface area contributed by atoms with E-state index in [4.69, 9.17) is 4.74 Å². The van der Waals surface area contributed by atoms with E-state index in [0.717, 1.165) is 21.9 Å². The number of carbonyl (C=O) groups is 1. The Morgan fingerprint density at radius 1 is 1.24 bits per heavy atom. The smallest absolute Gasteiger partial charge is 0.262 e. The van der Waals surface area contributed by atoms with Gasteiger partial charge in [-0.25, -0.2) is 9.97 Å². The summed E-state index contributed by atoms with van der Waals surface area (Å²) in [6, 6.07) is 9.38. The predicted octanol–water partition coefficient (Wildman–Crippen LogP) is 3.93. The topological polar surface area (TPSA) is 86.1 Å². The second-order valence-corrected chi connectivity index (χ2v) is 8.43. The number of aromatic nitrogens is 3. The van der Waals surface area contributed by atoms with Gasteiger partial charge >= 0.3 is 0 Å². The van der Waals surface area contributed by atoms with Crippen LogP contribution in [-0.4, -0.2) is 27.6 Å². The molecule has 9 heteroatoms. The summed E-state index contributed by atoms with van der Waals surface area (Å²) in [6.07, 6.45) is 1.65. The number of fused-ring (bicyclic) bond motifs is 1. The predicted molar refractivity (Wildman–Crippen MR) is 116 cm³/mol. The summed E-state index contributed by atoms with van der Waals surface area (Å²) in [5.41, 5.74) is 1.66. The number of carbonyl (C=O) groups excluding carboxylic acids is 1. The summed E-state index contributed by atoms with van der Waals surface area (Å²) in [5, 5.41) is 5.78. The molecule has 0 bridgehead atoms. The molecular formula is C20H18N4O3S2. The highest BCUT2D eigenvalue weighted by Crippen LogP contribution is 2.31. The monoisotopic (exact) mass is 426 g/mol. The zero-order valence-corrected chi connectivity index (χ0v) is 17.5. The fraction of sp³-hybridized carbons (Fsp3) is 0.200. The lowest BCUT2D eigenvalue weighted by atomic mass is 10.1. The first-order valence-electron chi connectivity index (χ1n) is 8.89. The van der Waals surface area contributed by atoms with Crippen molar-refractivity contribution in [3.05, 3.63) is 57.3 Å². The zero-order valence-electron chi connectivity index (χ0n) is 15.8. The Balaban J connectivity index is 1.43. The van der Waals surface area contributed by atoms with Gasteiger partial charge in [-0.05, 0) is 42.6 Å². The number of hydrogen-bond acceptors (Lipinski definition) is 7. The quantitative estimate of drug-likeness (QED) is 0.505. The largest absolute Gasteiger partial charge is 0.497 e. The van der Waals surface area contributed by atoms with Crippen LogP contribution in [0.4, 0.5) is 5.13 Å². The van der Waals surface area contributed by atoms with Crippen molar-refractivity contribution in [1.82, 2.24) is 14.5 Å². The fourth-order valence-electron chi connectivity index (χ4n) is 2.92. The number of amides is 1. The first-order valence-corrected chi connectivity index (χ1v) is 10.6. The third kappa shape index (κ3) is 4.06. The molecule has 1 aromatic carbocycles. The van der Waals surface area contributed by atoms with Crippen LogP contribution in [0.3, 0.4) is 0 Å². The van der Waals surface area contributed by atoms with Crippen molar-refractivity contribution in [2.24, 2.45) is 0 Å². The normalized spacial score (nSPS) is 11.0. The number of nitrogens with one attached hydrogen (secondary N) is 1. The number of nitrogens with zero attached hydrogens (tertiary/aromatic N) is 3. The van der Waals surface area contributed by atoms with Gasteiger partial charge in [-0.3, -0.25) is 14.2 Å². The molecule has 0 aliphatic carbocycles. The zero-order chi connectivity index (χ0) is 20.4. The van der Waals surface area contributed by atoms with Crippen LogP contribution in [0.15, 0.2) is 46.8 Å². The second kappa shape index (κ2) is 8.14. The van der Waals surface area contributed by atoms with Crippen molar-refractivity contribution in [3.8, 4) is 17.0 Å². The third-order valence-corrected chi connectivity index (χ3v) is 6.14. The maximum absolute atomic E-state index is 12.4. The molecule has 7 nitrogen and oxygen atoms in total. The molecule has 0 unspecified atom stereocenters. The summed E-state index contributed by atoms with van der Waals surface area (Å²) in [4.78, 5) is 35.3. The minimum Gasteiger partial charge on any atom is -0.497 e. The first kappa shape index (κ1) is 19.3. The van der Waals surface area contributed by atoms with Gasteiger partial charge in [-0.15, -0.1) is 22.7 Å². The lowest BCUT2D eigenvalue weighted by molar-refractivity contribution is -0.116. The number of benzene rings is 1. The molecule has 0 aliphatic rings. The van der Waals surface area contributed by atoms with Gasteiger partial charge in [0.2, 0.25) is 5.91 Å². The molecule has 3 heterocycles. The van der Waals surface area contributed by atoms with E-state index in [1.807, 2.05) is 36.6 Å². The molecule has 0 saturated heterocycles. The lowest BCUT2D eigenvalue weighted by Crippen LogP contribution is -2.23. The molecule has 0 saturated carbocycles. The van der Waals surface area contributed by atoms with Crippen molar-refractivity contribution in [2.75, 3.05) is 12.4 Å². The summed E-state index contributed by atoms with van der Waals surface area (Å²) in [5.74, 6) is 0.581. The highest BCUT2D eigenvalue weighted by Gasteiger charge is 2.13. The number of rotatable bonds is 6. The maximum atomic E-state index is 12.4. The van der Waals surface area contributed by atoms with Crippen molar-refractivity contribution in [3.63, 3.8) is 0 Å². The van der Waals surface area contributed by atoms with E-state index in [1.165, 1.54) is 33.6 Å². The van der Waals surface area contributed by atoms with E-state index < -0.39 is 0 Å². The molecule has 0 aliphatic heterocycles. The van der Waals surface area contributed by atoms with Gasteiger partial charge in [-0.2, -0.15) is 0 Å².